The van der Waals surface area contributed by atoms with Gasteiger partial charge in [0, 0.05) is 16.8 Å². The molecule has 0 bridgehead atoms. The van der Waals surface area contributed by atoms with Gasteiger partial charge in [-0.1, -0.05) is 13.8 Å². The van der Waals surface area contributed by atoms with Gasteiger partial charge in [-0.25, -0.2) is 4.98 Å². The number of nitrogens with one attached hydrogen (secondary N) is 1. The molecule has 2 heterocycles. The summed E-state index contributed by atoms with van der Waals surface area (Å²) in [6.07, 6.45) is 2.00. The Hall–Kier alpha value is -0.940. The van der Waals surface area contributed by atoms with Gasteiger partial charge in [-0.05, 0) is 25.1 Å². The van der Waals surface area contributed by atoms with Crippen LogP contribution in [0.4, 0.5) is 0 Å². The van der Waals surface area contributed by atoms with Crippen molar-refractivity contribution < 1.29 is 0 Å². The molecule has 0 fully saturated rings. The molecule has 0 radical (unpaired) electrons. The predicted molar refractivity (Wildman–Crippen MR) is 69.7 cm³/mol. The van der Waals surface area contributed by atoms with Crippen LogP contribution in [0.25, 0.3) is 0 Å². The van der Waals surface area contributed by atoms with Crippen molar-refractivity contribution in [3.63, 3.8) is 0 Å². The van der Waals surface area contributed by atoms with E-state index in [1.165, 1.54) is 10.6 Å². The minimum absolute atomic E-state index is 0.473. The second kappa shape index (κ2) is 4.51. The molecule has 0 aliphatic heterocycles. The molecule has 0 aromatic carbocycles. The Balaban J connectivity index is 2.38. The van der Waals surface area contributed by atoms with Gasteiger partial charge >= 0.3 is 0 Å². The number of aromatic nitrogens is 3. The number of hydrogen-bond acceptors (Lipinski definition) is 3. The summed E-state index contributed by atoms with van der Waals surface area (Å²) < 4.78 is 2.94. The van der Waals surface area contributed by atoms with Crippen LogP contribution in [0, 0.1) is 11.7 Å². The van der Waals surface area contributed by atoms with Gasteiger partial charge in [0.1, 0.15) is 0 Å². The van der Waals surface area contributed by atoms with Crippen LogP contribution in [0.15, 0.2) is 11.7 Å². The molecule has 2 rings (SSSR count). The fourth-order valence-electron chi connectivity index (χ4n) is 1.67. The van der Waals surface area contributed by atoms with Gasteiger partial charge in [-0.15, -0.1) is 11.3 Å². The summed E-state index contributed by atoms with van der Waals surface area (Å²) in [5, 5.41) is 0. The van der Waals surface area contributed by atoms with E-state index in [0.29, 0.717) is 5.92 Å². The SMILES string of the molecule is Cc1ncsc1Cn1c(C(C)C)c[nH]c1=S. The van der Waals surface area contributed by atoms with Gasteiger partial charge in [-0.3, -0.25) is 0 Å². The highest BCUT2D eigenvalue weighted by Gasteiger charge is 2.10. The average Bonchev–Trinajstić information content (AvgIpc) is 2.76. The van der Waals surface area contributed by atoms with Crippen LogP contribution in [0.5, 0.6) is 0 Å². The summed E-state index contributed by atoms with van der Waals surface area (Å²) in [6.45, 7) is 7.21. The van der Waals surface area contributed by atoms with Gasteiger partial charge < -0.3 is 9.55 Å². The van der Waals surface area contributed by atoms with Crippen LogP contribution < -0.4 is 0 Å². The Morgan fingerprint density at radius 3 is 2.88 bits per heavy atom. The first kappa shape index (κ1) is 11.5. The van der Waals surface area contributed by atoms with Gasteiger partial charge in [0.2, 0.25) is 0 Å². The molecule has 0 spiro atoms. The van der Waals surface area contributed by atoms with Crippen LogP contribution in [0.3, 0.4) is 0 Å². The number of aromatic amines is 1. The normalized spacial score (nSPS) is 11.2. The highest BCUT2D eigenvalue weighted by Crippen LogP contribution is 2.19. The smallest absolute Gasteiger partial charge is 0.177 e. The second-order valence-electron chi connectivity index (χ2n) is 4.12. The minimum Gasteiger partial charge on any atom is -0.337 e. The zero-order chi connectivity index (χ0) is 11.7. The lowest BCUT2D eigenvalue weighted by atomic mass is 10.1. The number of imidazole rings is 1. The molecular formula is C11H15N3S2. The summed E-state index contributed by atoms with van der Waals surface area (Å²) in [5.74, 6) is 0.473. The zero-order valence-electron chi connectivity index (χ0n) is 9.65. The number of H-pyrrole nitrogens is 1. The van der Waals surface area contributed by atoms with Crippen LogP contribution in [0.1, 0.15) is 36.0 Å². The number of hydrogen-bond donors (Lipinski definition) is 1. The molecule has 0 aliphatic carbocycles. The Kier molecular flexibility index (Phi) is 3.25. The number of thiazole rings is 1. The molecule has 0 unspecified atom stereocenters. The molecule has 2 aromatic heterocycles. The van der Waals surface area contributed by atoms with Crippen molar-refractivity contribution in [2.45, 2.75) is 33.2 Å². The van der Waals surface area contributed by atoms with Crippen LogP contribution in [-0.2, 0) is 6.54 Å². The van der Waals surface area contributed by atoms with E-state index in [0.717, 1.165) is 17.0 Å². The van der Waals surface area contributed by atoms with Gasteiger partial charge in [0.25, 0.3) is 0 Å². The third-order valence-corrected chi connectivity index (χ3v) is 3.90. The summed E-state index contributed by atoms with van der Waals surface area (Å²) in [6, 6.07) is 0. The Labute approximate surface area is 104 Å². The lowest BCUT2D eigenvalue weighted by Crippen LogP contribution is -2.05. The molecule has 0 saturated carbocycles. The van der Waals surface area contributed by atoms with Crippen molar-refractivity contribution in [2.24, 2.45) is 0 Å². The van der Waals surface area contributed by atoms with Crippen LogP contribution in [-0.4, -0.2) is 14.5 Å². The molecule has 0 atom stereocenters. The van der Waals surface area contributed by atoms with E-state index in [2.05, 4.69) is 28.4 Å². The van der Waals surface area contributed by atoms with E-state index in [4.69, 9.17) is 12.2 Å². The Bertz CT molecular complexity index is 533. The third kappa shape index (κ3) is 2.10. The van der Waals surface area contributed by atoms with Gasteiger partial charge in [0.15, 0.2) is 4.77 Å². The molecule has 0 aliphatic rings. The summed E-state index contributed by atoms with van der Waals surface area (Å²) in [5.41, 5.74) is 4.23. The molecular weight excluding hydrogens is 238 g/mol. The first-order chi connectivity index (χ1) is 7.59. The van der Waals surface area contributed by atoms with E-state index >= 15 is 0 Å². The second-order valence-corrected chi connectivity index (χ2v) is 5.45. The summed E-state index contributed by atoms with van der Waals surface area (Å²) >= 11 is 6.98. The fraction of sp³-hybridized carbons (Fsp3) is 0.455. The molecule has 0 saturated heterocycles. The molecule has 5 heteroatoms. The molecule has 86 valence electrons. The van der Waals surface area contributed by atoms with E-state index in [1.54, 1.807) is 11.3 Å². The van der Waals surface area contributed by atoms with Crippen molar-refractivity contribution in [1.29, 1.82) is 0 Å². The Morgan fingerprint density at radius 2 is 2.31 bits per heavy atom. The molecule has 1 N–H and O–H groups in total. The minimum atomic E-state index is 0.473. The average molecular weight is 253 g/mol. The third-order valence-electron chi connectivity index (χ3n) is 2.64. The van der Waals surface area contributed by atoms with Crippen molar-refractivity contribution in [2.75, 3.05) is 0 Å². The summed E-state index contributed by atoms with van der Waals surface area (Å²) in [7, 11) is 0. The monoisotopic (exact) mass is 253 g/mol. The largest absolute Gasteiger partial charge is 0.337 e. The number of nitrogens with zero attached hydrogens (tertiary/aromatic N) is 2. The van der Waals surface area contributed by atoms with E-state index < -0.39 is 0 Å². The van der Waals surface area contributed by atoms with Crippen molar-refractivity contribution in [3.8, 4) is 0 Å². The lowest BCUT2D eigenvalue weighted by Gasteiger charge is -2.09. The van der Waals surface area contributed by atoms with Crippen molar-refractivity contribution in [3.05, 3.63) is 32.7 Å². The summed E-state index contributed by atoms with van der Waals surface area (Å²) in [4.78, 5) is 8.65. The maximum absolute atomic E-state index is 5.30. The molecule has 3 nitrogen and oxygen atoms in total. The predicted octanol–water partition coefficient (Wildman–Crippen LogP) is 3.48. The molecule has 2 aromatic rings. The maximum Gasteiger partial charge on any atom is 0.177 e. The highest BCUT2D eigenvalue weighted by atomic mass is 32.1. The zero-order valence-corrected chi connectivity index (χ0v) is 11.3. The van der Waals surface area contributed by atoms with E-state index in [9.17, 15) is 0 Å². The topological polar surface area (TPSA) is 33.6 Å². The van der Waals surface area contributed by atoms with Crippen LogP contribution in [0.2, 0.25) is 0 Å². The van der Waals surface area contributed by atoms with Crippen molar-refractivity contribution >= 4 is 23.6 Å². The van der Waals surface area contributed by atoms with Crippen LogP contribution >= 0.6 is 23.6 Å². The van der Waals surface area contributed by atoms with Gasteiger partial charge in [-0.2, -0.15) is 0 Å². The van der Waals surface area contributed by atoms with E-state index in [1.807, 2.05) is 18.6 Å². The number of rotatable bonds is 3. The molecule has 16 heavy (non-hydrogen) atoms. The standard InChI is InChI=1S/C11H15N3S2/c1-7(2)9-4-12-11(15)14(9)5-10-8(3)13-6-16-10/h4,6-7H,5H2,1-3H3,(H,12,15). The van der Waals surface area contributed by atoms with Crippen molar-refractivity contribution in [1.82, 2.24) is 14.5 Å². The first-order valence-electron chi connectivity index (χ1n) is 5.26. The quantitative estimate of drug-likeness (QED) is 0.850. The lowest BCUT2D eigenvalue weighted by molar-refractivity contribution is 0.687. The fourth-order valence-corrected chi connectivity index (χ4v) is 2.67. The number of aryl methyl sites for hydroxylation is 1. The molecule has 0 amide bonds. The first-order valence-corrected chi connectivity index (χ1v) is 6.55. The van der Waals surface area contributed by atoms with E-state index in [-0.39, 0.29) is 0 Å². The maximum atomic E-state index is 5.30. The van der Waals surface area contributed by atoms with Gasteiger partial charge in [0.05, 0.1) is 17.7 Å². The highest BCUT2D eigenvalue weighted by molar-refractivity contribution is 7.71. The Morgan fingerprint density at radius 1 is 1.56 bits per heavy atom.